The van der Waals surface area contributed by atoms with Crippen LogP contribution in [0.3, 0.4) is 0 Å². The first-order valence-electron chi connectivity index (χ1n) is 11.4. The largest absolute Gasteiger partial charge is 0.356 e. The molecule has 2 aromatic carbocycles. The third-order valence-electron chi connectivity index (χ3n) is 5.80. The Morgan fingerprint density at radius 2 is 1.88 bits per heavy atom. The summed E-state index contributed by atoms with van der Waals surface area (Å²) >= 11 is 1.69. The topological polar surface area (TPSA) is 71.3 Å². The van der Waals surface area contributed by atoms with Crippen molar-refractivity contribution in [1.82, 2.24) is 20.4 Å². The molecule has 1 aromatic heterocycles. The van der Waals surface area contributed by atoms with E-state index in [-0.39, 0.29) is 17.6 Å². The summed E-state index contributed by atoms with van der Waals surface area (Å²) in [5, 5.41) is 7.14. The van der Waals surface area contributed by atoms with Gasteiger partial charge < -0.3 is 9.84 Å². The number of hydrogen-bond donors (Lipinski definition) is 1. The van der Waals surface area contributed by atoms with Crippen LogP contribution in [0.25, 0.3) is 11.4 Å². The number of amides is 1. The van der Waals surface area contributed by atoms with Gasteiger partial charge in [0.1, 0.15) is 5.82 Å². The van der Waals surface area contributed by atoms with Crippen molar-refractivity contribution in [2.24, 2.45) is 5.92 Å². The van der Waals surface area contributed by atoms with Crippen LogP contribution in [0.15, 0.2) is 59.1 Å². The molecule has 6 nitrogen and oxygen atoms in total. The fourth-order valence-corrected chi connectivity index (χ4v) is 4.84. The summed E-state index contributed by atoms with van der Waals surface area (Å²) in [6.45, 7) is 2.93. The van der Waals surface area contributed by atoms with E-state index in [1.807, 2.05) is 42.5 Å². The average Bonchev–Trinajstić information content (AvgIpc) is 3.32. The lowest BCUT2D eigenvalue weighted by atomic mass is 9.96. The highest BCUT2D eigenvalue weighted by Crippen LogP contribution is 2.21. The number of benzene rings is 2. The van der Waals surface area contributed by atoms with Crippen molar-refractivity contribution in [3.05, 3.63) is 71.9 Å². The van der Waals surface area contributed by atoms with Crippen LogP contribution in [0.2, 0.25) is 0 Å². The zero-order valence-corrected chi connectivity index (χ0v) is 19.4. The van der Waals surface area contributed by atoms with E-state index in [0.29, 0.717) is 30.6 Å². The van der Waals surface area contributed by atoms with Crippen molar-refractivity contribution in [1.29, 1.82) is 0 Å². The first kappa shape index (κ1) is 23.4. The Balaban J connectivity index is 1.11. The minimum absolute atomic E-state index is 0.0508. The fraction of sp³-hybridized carbons (Fsp3) is 0.400. The summed E-state index contributed by atoms with van der Waals surface area (Å²) in [5.74, 6) is 2.79. The van der Waals surface area contributed by atoms with Gasteiger partial charge in [-0.15, -0.1) is 0 Å². The molecule has 8 heteroatoms. The number of rotatable bonds is 10. The van der Waals surface area contributed by atoms with Crippen molar-refractivity contribution in [3.8, 4) is 11.4 Å². The molecule has 1 aliphatic rings. The van der Waals surface area contributed by atoms with E-state index in [0.717, 1.165) is 49.2 Å². The molecule has 0 aliphatic carbocycles. The number of hydrogen-bond acceptors (Lipinski definition) is 6. The van der Waals surface area contributed by atoms with Crippen LogP contribution in [0.5, 0.6) is 0 Å². The first-order valence-corrected chi connectivity index (χ1v) is 12.5. The van der Waals surface area contributed by atoms with Gasteiger partial charge in [-0.2, -0.15) is 16.7 Å². The highest BCUT2D eigenvalue weighted by Gasteiger charge is 2.25. The zero-order chi connectivity index (χ0) is 22.9. The van der Waals surface area contributed by atoms with Crippen molar-refractivity contribution >= 4 is 17.7 Å². The monoisotopic (exact) mass is 468 g/mol. The molecule has 2 heterocycles. The molecule has 1 saturated heterocycles. The van der Waals surface area contributed by atoms with Gasteiger partial charge in [-0.1, -0.05) is 53.7 Å². The predicted molar refractivity (Wildman–Crippen MR) is 128 cm³/mol. The van der Waals surface area contributed by atoms with Crippen molar-refractivity contribution in [3.63, 3.8) is 0 Å². The van der Waals surface area contributed by atoms with E-state index in [9.17, 15) is 9.18 Å². The molecule has 0 saturated carbocycles. The number of aromatic nitrogens is 2. The van der Waals surface area contributed by atoms with Crippen LogP contribution in [0.4, 0.5) is 4.39 Å². The fourth-order valence-electron chi connectivity index (χ4n) is 3.90. The summed E-state index contributed by atoms with van der Waals surface area (Å²) in [5.41, 5.74) is 1.67. The van der Waals surface area contributed by atoms with E-state index < -0.39 is 0 Å². The normalized spacial score (nSPS) is 14.9. The standard InChI is InChI=1S/C25H29FN4O2S/c26-22-10-5-4-9-21(22)18-33-16-6-13-27-25(31)20-11-14-30(15-12-20)17-23-28-24(29-32-23)19-7-2-1-3-8-19/h1-5,7-10,20H,6,11-18H2,(H,27,31). The molecule has 0 atom stereocenters. The van der Waals surface area contributed by atoms with Crippen LogP contribution in [-0.2, 0) is 17.1 Å². The molecule has 0 bridgehead atoms. The Morgan fingerprint density at radius 1 is 1.12 bits per heavy atom. The van der Waals surface area contributed by atoms with Crippen LogP contribution in [-0.4, -0.2) is 46.3 Å². The van der Waals surface area contributed by atoms with Crippen LogP contribution < -0.4 is 5.32 Å². The van der Waals surface area contributed by atoms with E-state index in [4.69, 9.17) is 4.52 Å². The molecular formula is C25H29FN4O2S. The Bertz CT molecular complexity index is 1020. The molecule has 1 amide bonds. The third kappa shape index (κ3) is 6.88. The van der Waals surface area contributed by atoms with Crippen LogP contribution in [0, 0.1) is 11.7 Å². The van der Waals surface area contributed by atoms with Gasteiger partial charge >= 0.3 is 0 Å². The van der Waals surface area contributed by atoms with E-state index in [2.05, 4.69) is 20.4 Å². The minimum atomic E-state index is -0.152. The number of nitrogens with zero attached hydrogens (tertiary/aromatic N) is 3. The lowest BCUT2D eigenvalue weighted by Gasteiger charge is -2.30. The summed E-state index contributed by atoms with van der Waals surface area (Å²) < 4.78 is 19.0. The summed E-state index contributed by atoms with van der Waals surface area (Å²) in [7, 11) is 0. The van der Waals surface area contributed by atoms with Gasteiger partial charge in [-0.25, -0.2) is 4.39 Å². The second-order valence-corrected chi connectivity index (χ2v) is 9.32. The number of halogens is 1. The summed E-state index contributed by atoms with van der Waals surface area (Å²) in [6, 6.07) is 16.6. The quantitative estimate of drug-likeness (QED) is 0.441. The predicted octanol–water partition coefficient (Wildman–Crippen LogP) is 4.53. The summed E-state index contributed by atoms with van der Waals surface area (Å²) in [4.78, 5) is 19.2. The second kappa shape index (κ2) is 12.0. The number of carbonyl (C=O) groups excluding carboxylic acids is 1. The van der Waals surface area contributed by atoms with Gasteiger partial charge in [0, 0.05) is 23.8 Å². The van der Waals surface area contributed by atoms with Gasteiger partial charge in [0.25, 0.3) is 0 Å². The van der Waals surface area contributed by atoms with Crippen LogP contribution in [0.1, 0.15) is 30.7 Å². The van der Waals surface area contributed by atoms with E-state index in [1.165, 1.54) is 6.07 Å². The molecule has 0 spiro atoms. The molecule has 3 aromatic rings. The van der Waals surface area contributed by atoms with Gasteiger partial charge in [-0.3, -0.25) is 9.69 Å². The number of nitrogens with one attached hydrogen (secondary N) is 1. The van der Waals surface area contributed by atoms with Crippen molar-refractivity contribution in [2.75, 3.05) is 25.4 Å². The maximum atomic E-state index is 13.6. The lowest BCUT2D eigenvalue weighted by Crippen LogP contribution is -2.40. The maximum Gasteiger partial charge on any atom is 0.241 e. The molecule has 1 aliphatic heterocycles. The molecule has 0 unspecified atom stereocenters. The summed E-state index contributed by atoms with van der Waals surface area (Å²) in [6.07, 6.45) is 2.53. The number of thioether (sulfide) groups is 1. The third-order valence-corrected chi connectivity index (χ3v) is 6.89. The van der Waals surface area contributed by atoms with Gasteiger partial charge in [-0.05, 0) is 49.7 Å². The van der Waals surface area contributed by atoms with E-state index >= 15 is 0 Å². The van der Waals surface area contributed by atoms with Crippen LogP contribution >= 0.6 is 11.8 Å². The Hall–Kier alpha value is -2.71. The highest BCUT2D eigenvalue weighted by molar-refractivity contribution is 7.98. The Morgan fingerprint density at radius 3 is 2.67 bits per heavy atom. The molecule has 4 rings (SSSR count). The highest BCUT2D eigenvalue weighted by atomic mass is 32.2. The molecular weight excluding hydrogens is 439 g/mol. The average molecular weight is 469 g/mol. The first-order chi connectivity index (χ1) is 16.2. The molecule has 174 valence electrons. The minimum Gasteiger partial charge on any atom is -0.356 e. The van der Waals surface area contributed by atoms with Crippen molar-refractivity contribution < 1.29 is 13.7 Å². The van der Waals surface area contributed by atoms with Crippen molar-refractivity contribution in [2.45, 2.75) is 31.6 Å². The van der Waals surface area contributed by atoms with Gasteiger partial charge in [0.2, 0.25) is 17.6 Å². The number of piperidine rings is 1. The van der Waals surface area contributed by atoms with Gasteiger partial charge in [0.05, 0.1) is 6.54 Å². The molecule has 1 N–H and O–H groups in total. The zero-order valence-electron chi connectivity index (χ0n) is 18.6. The molecule has 0 radical (unpaired) electrons. The SMILES string of the molecule is O=C(NCCCSCc1ccccc1F)C1CCN(Cc2nc(-c3ccccc3)no2)CC1. The molecule has 33 heavy (non-hydrogen) atoms. The lowest BCUT2D eigenvalue weighted by molar-refractivity contribution is -0.126. The smallest absolute Gasteiger partial charge is 0.241 e. The number of carbonyl (C=O) groups is 1. The molecule has 1 fully saturated rings. The van der Waals surface area contributed by atoms with Gasteiger partial charge in [0.15, 0.2) is 0 Å². The second-order valence-electron chi connectivity index (χ2n) is 8.22. The maximum absolute atomic E-state index is 13.6. The van der Waals surface area contributed by atoms with E-state index in [1.54, 1.807) is 17.8 Å². The Kier molecular flexibility index (Phi) is 8.49. The number of likely N-dealkylation sites (tertiary alicyclic amines) is 1. The Labute approximate surface area is 197 Å².